The molecule has 5 heteroatoms. The van der Waals surface area contributed by atoms with Crippen LogP contribution in [0.15, 0.2) is 30.3 Å². The molecule has 104 valence electrons. The van der Waals surface area contributed by atoms with Gasteiger partial charge in [-0.1, -0.05) is 30.3 Å². The van der Waals surface area contributed by atoms with Crippen LogP contribution in [0.1, 0.15) is 18.9 Å². The predicted molar refractivity (Wildman–Crippen MR) is 68.9 cm³/mol. The number of carbonyl (C=O) groups excluding carboxylic acids is 1. The molecule has 0 aromatic heterocycles. The Balaban J connectivity index is 2.05. The van der Waals surface area contributed by atoms with E-state index < -0.39 is 6.04 Å². The summed E-state index contributed by atoms with van der Waals surface area (Å²) in [6.45, 7) is 2.98. The zero-order valence-electron chi connectivity index (χ0n) is 11.2. The van der Waals surface area contributed by atoms with Gasteiger partial charge in [-0.15, -0.1) is 0 Å². The van der Waals surface area contributed by atoms with E-state index in [2.05, 4.69) is 0 Å². The number of rotatable bonds is 5. The molecule has 0 unspecified atom stereocenters. The molecule has 0 amide bonds. The molecule has 0 radical (unpaired) electrons. The first-order valence-electron chi connectivity index (χ1n) is 6.41. The van der Waals surface area contributed by atoms with Crippen molar-refractivity contribution in [3.63, 3.8) is 0 Å². The Labute approximate surface area is 113 Å². The van der Waals surface area contributed by atoms with Crippen molar-refractivity contribution < 1.29 is 19.1 Å². The van der Waals surface area contributed by atoms with Crippen LogP contribution in [0.4, 0.5) is 0 Å². The van der Waals surface area contributed by atoms with E-state index in [0.717, 1.165) is 5.56 Å². The normalized spacial score (nSPS) is 23.5. The lowest BCUT2D eigenvalue weighted by atomic mass is 10.2. The summed E-state index contributed by atoms with van der Waals surface area (Å²) in [5.41, 5.74) is 1.08. The highest BCUT2D eigenvalue weighted by molar-refractivity contribution is 5.75. The molecular formula is C14H19NO4. The van der Waals surface area contributed by atoms with Gasteiger partial charge in [-0.3, -0.25) is 9.63 Å². The second kappa shape index (κ2) is 6.65. The summed E-state index contributed by atoms with van der Waals surface area (Å²) >= 11 is 0. The Morgan fingerprint density at radius 1 is 1.42 bits per heavy atom. The number of benzene rings is 1. The fraction of sp³-hybridized carbons (Fsp3) is 0.500. The summed E-state index contributed by atoms with van der Waals surface area (Å²) in [5.74, 6) is -0.293. The molecule has 1 saturated heterocycles. The van der Waals surface area contributed by atoms with E-state index in [1.54, 1.807) is 5.06 Å². The number of hydrogen-bond acceptors (Lipinski definition) is 5. The van der Waals surface area contributed by atoms with Gasteiger partial charge < -0.3 is 9.47 Å². The number of methoxy groups -OCH3 is 1. The molecule has 0 spiro atoms. The maximum atomic E-state index is 11.8. The van der Waals surface area contributed by atoms with E-state index >= 15 is 0 Å². The fourth-order valence-corrected chi connectivity index (χ4v) is 2.11. The zero-order valence-corrected chi connectivity index (χ0v) is 11.2. The van der Waals surface area contributed by atoms with E-state index in [0.29, 0.717) is 19.6 Å². The fourth-order valence-electron chi connectivity index (χ4n) is 2.11. The Bertz CT molecular complexity index is 409. The van der Waals surface area contributed by atoms with E-state index in [-0.39, 0.29) is 12.3 Å². The molecule has 0 bridgehead atoms. The van der Waals surface area contributed by atoms with Gasteiger partial charge in [0.05, 0.1) is 13.7 Å². The van der Waals surface area contributed by atoms with Gasteiger partial charge in [-0.25, -0.2) is 0 Å². The highest BCUT2D eigenvalue weighted by Gasteiger charge is 2.39. The van der Waals surface area contributed by atoms with Crippen LogP contribution in [0.25, 0.3) is 0 Å². The second-order valence-electron chi connectivity index (χ2n) is 4.33. The lowest BCUT2D eigenvalue weighted by Gasteiger charge is -2.20. The maximum Gasteiger partial charge on any atom is 0.325 e. The standard InChI is InChI=1S/C14H19NO4/c1-3-18-13-9-12(14(16)17-2)15(19-13)10-11-7-5-4-6-8-11/h4-8,12-13H,3,9-10H2,1-2H3/t12-,13+/m1/s1. The molecule has 0 saturated carbocycles. The summed E-state index contributed by atoms with van der Waals surface area (Å²) in [4.78, 5) is 17.4. The largest absolute Gasteiger partial charge is 0.468 e. The summed E-state index contributed by atoms with van der Waals surface area (Å²) in [7, 11) is 1.39. The van der Waals surface area contributed by atoms with Gasteiger partial charge >= 0.3 is 5.97 Å². The van der Waals surface area contributed by atoms with Crippen LogP contribution in [-0.2, 0) is 25.7 Å². The summed E-state index contributed by atoms with van der Waals surface area (Å²) < 4.78 is 10.2. The molecule has 2 rings (SSSR count). The third-order valence-corrected chi connectivity index (χ3v) is 3.02. The van der Waals surface area contributed by atoms with Crippen LogP contribution in [-0.4, -0.2) is 37.1 Å². The number of ether oxygens (including phenoxy) is 2. The lowest BCUT2D eigenvalue weighted by molar-refractivity contribution is -0.243. The van der Waals surface area contributed by atoms with Crippen LogP contribution < -0.4 is 0 Å². The molecule has 5 nitrogen and oxygen atoms in total. The minimum atomic E-state index is -0.415. The van der Waals surface area contributed by atoms with Crippen molar-refractivity contribution >= 4 is 5.97 Å². The van der Waals surface area contributed by atoms with Gasteiger partial charge in [-0.05, 0) is 12.5 Å². The first-order valence-corrected chi connectivity index (χ1v) is 6.41. The van der Waals surface area contributed by atoms with Crippen LogP contribution in [0.2, 0.25) is 0 Å². The van der Waals surface area contributed by atoms with Crippen molar-refractivity contribution in [1.82, 2.24) is 5.06 Å². The van der Waals surface area contributed by atoms with Gasteiger partial charge in [0.15, 0.2) is 6.29 Å². The van der Waals surface area contributed by atoms with Gasteiger partial charge in [0.2, 0.25) is 0 Å². The van der Waals surface area contributed by atoms with E-state index in [4.69, 9.17) is 14.3 Å². The van der Waals surface area contributed by atoms with Crippen molar-refractivity contribution in [2.75, 3.05) is 13.7 Å². The van der Waals surface area contributed by atoms with Gasteiger partial charge in [0.25, 0.3) is 0 Å². The number of esters is 1. The molecule has 1 aromatic rings. The number of hydroxylamine groups is 2. The van der Waals surface area contributed by atoms with E-state index in [1.807, 2.05) is 37.3 Å². The SMILES string of the molecule is CCO[C@@H]1C[C@H](C(=O)OC)N(Cc2ccccc2)O1. The second-order valence-corrected chi connectivity index (χ2v) is 4.33. The molecule has 1 aliphatic heterocycles. The van der Waals surface area contributed by atoms with Crippen molar-refractivity contribution in [3.05, 3.63) is 35.9 Å². The zero-order chi connectivity index (χ0) is 13.7. The maximum absolute atomic E-state index is 11.8. The molecule has 2 atom stereocenters. The van der Waals surface area contributed by atoms with Crippen LogP contribution >= 0.6 is 0 Å². The molecule has 0 aliphatic carbocycles. The van der Waals surface area contributed by atoms with Crippen LogP contribution in [0, 0.1) is 0 Å². The average Bonchev–Trinajstić information content (AvgIpc) is 2.82. The number of nitrogens with zero attached hydrogens (tertiary/aromatic N) is 1. The smallest absolute Gasteiger partial charge is 0.325 e. The van der Waals surface area contributed by atoms with Crippen molar-refractivity contribution in [1.29, 1.82) is 0 Å². The Hall–Kier alpha value is -1.43. The summed E-state index contributed by atoms with van der Waals surface area (Å²) in [6, 6.07) is 9.44. The molecular weight excluding hydrogens is 246 g/mol. The lowest BCUT2D eigenvalue weighted by Crippen LogP contribution is -2.35. The Morgan fingerprint density at radius 2 is 2.16 bits per heavy atom. The van der Waals surface area contributed by atoms with E-state index in [1.165, 1.54) is 7.11 Å². The van der Waals surface area contributed by atoms with E-state index in [9.17, 15) is 4.79 Å². The molecule has 1 heterocycles. The highest BCUT2D eigenvalue weighted by Crippen LogP contribution is 2.25. The predicted octanol–water partition coefficient (Wildman–Crippen LogP) is 1.73. The third-order valence-electron chi connectivity index (χ3n) is 3.02. The van der Waals surface area contributed by atoms with Gasteiger partial charge in [-0.2, -0.15) is 5.06 Å². The average molecular weight is 265 g/mol. The first kappa shape index (κ1) is 14.0. The third kappa shape index (κ3) is 3.53. The number of hydrogen-bond donors (Lipinski definition) is 0. The first-order chi connectivity index (χ1) is 9.24. The topological polar surface area (TPSA) is 48.0 Å². The van der Waals surface area contributed by atoms with Crippen molar-refractivity contribution in [3.8, 4) is 0 Å². The van der Waals surface area contributed by atoms with Crippen molar-refractivity contribution in [2.24, 2.45) is 0 Å². The van der Waals surface area contributed by atoms with Crippen LogP contribution in [0.3, 0.4) is 0 Å². The monoisotopic (exact) mass is 265 g/mol. The quantitative estimate of drug-likeness (QED) is 0.759. The molecule has 0 N–H and O–H groups in total. The Kier molecular flexibility index (Phi) is 4.90. The Morgan fingerprint density at radius 3 is 2.79 bits per heavy atom. The van der Waals surface area contributed by atoms with Crippen LogP contribution in [0.5, 0.6) is 0 Å². The molecule has 19 heavy (non-hydrogen) atoms. The highest BCUT2D eigenvalue weighted by atomic mass is 16.8. The van der Waals surface area contributed by atoms with Gasteiger partial charge in [0.1, 0.15) is 6.04 Å². The summed E-state index contributed by atoms with van der Waals surface area (Å²) in [6.07, 6.45) is 0.116. The minimum Gasteiger partial charge on any atom is -0.468 e. The number of carbonyl (C=O) groups is 1. The summed E-state index contributed by atoms with van der Waals surface area (Å²) in [5, 5.41) is 1.64. The molecule has 1 aliphatic rings. The minimum absolute atomic E-state index is 0.293. The molecule has 1 fully saturated rings. The van der Waals surface area contributed by atoms with Crippen molar-refractivity contribution in [2.45, 2.75) is 32.2 Å². The molecule has 1 aromatic carbocycles. The van der Waals surface area contributed by atoms with Gasteiger partial charge in [0, 0.05) is 13.0 Å².